The predicted molar refractivity (Wildman–Crippen MR) is 76.6 cm³/mol. The summed E-state index contributed by atoms with van der Waals surface area (Å²) < 4.78 is 1.89. The van der Waals surface area contributed by atoms with Crippen molar-refractivity contribution in [3.05, 3.63) is 5.69 Å². The molecule has 0 saturated heterocycles. The van der Waals surface area contributed by atoms with Crippen LogP contribution in [-0.4, -0.2) is 16.3 Å². The van der Waals surface area contributed by atoms with Crippen molar-refractivity contribution in [1.82, 2.24) is 9.78 Å². The number of rotatable bonds is 6. The van der Waals surface area contributed by atoms with Crippen LogP contribution < -0.4 is 11.1 Å². The van der Waals surface area contributed by atoms with Gasteiger partial charge in [0.25, 0.3) is 0 Å². The first-order chi connectivity index (χ1) is 8.50. The maximum atomic E-state index is 6.17. The Bertz CT molecular complexity index is 416. The van der Waals surface area contributed by atoms with Crippen LogP contribution in [0.2, 0.25) is 0 Å². The molecule has 0 spiro atoms. The minimum absolute atomic E-state index is 0.488. The van der Waals surface area contributed by atoms with Crippen LogP contribution in [0.25, 0.3) is 0 Å². The van der Waals surface area contributed by atoms with Crippen molar-refractivity contribution >= 4 is 11.5 Å². The molecule has 1 fully saturated rings. The van der Waals surface area contributed by atoms with Gasteiger partial charge in [-0.05, 0) is 30.6 Å². The minimum Gasteiger partial charge on any atom is -0.394 e. The average Bonchev–Trinajstić information content (AvgIpc) is 3.04. The molecule has 0 radical (unpaired) electrons. The number of anilines is 2. The normalized spacial score (nSPS) is 17.2. The average molecular weight is 250 g/mol. The SMILES string of the molecule is CCCc1nn(C)c(NCC2(C(C)C)CC2)c1N. The first-order valence-electron chi connectivity index (χ1n) is 7.05. The van der Waals surface area contributed by atoms with Gasteiger partial charge in [0.2, 0.25) is 0 Å². The molecular weight excluding hydrogens is 224 g/mol. The molecule has 0 aromatic carbocycles. The molecule has 1 aliphatic rings. The van der Waals surface area contributed by atoms with E-state index in [1.165, 1.54) is 12.8 Å². The molecule has 2 rings (SSSR count). The Morgan fingerprint density at radius 3 is 2.61 bits per heavy atom. The molecule has 1 aromatic rings. The van der Waals surface area contributed by atoms with Gasteiger partial charge in [-0.1, -0.05) is 27.2 Å². The molecule has 0 bridgehead atoms. The quantitative estimate of drug-likeness (QED) is 0.816. The third-order valence-corrected chi connectivity index (χ3v) is 4.37. The molecule has 4 heteroatoms. The maximum absolute atomic E-state index is 6.17. The Morgan fingerprint density at radius 1 is 1.44 bits per heavy atom. The molecule has 1 aromatic heterocycles. The highest BCUT2D eigenvalue weighted by Crippen LogP contribution is 2.51. The molecule has 1 aliphatic carbocycles. The van der Waals surface area contributed by atoms with Gasteiger partial charge in [-0.3, -0.25) is 4.68 Å². The largest absolute Gasteiger partial charge is 0.394 e. The molecular formula is C14H26N4. The van der Waals surface area contributed by atoms with Crippen LogP contribution in [0.5, 0.6) is 0 Å². The fraction of sp³-hybridized carbons (Fsp3) is 0.786. The minimum atomic E-state index is 0.488. The molecule has 0 atom stereocenters. The van der Waals surface area contributed by atoms with E-state index >= 15 is 0 Å². The number of hydrogen-bond acceptors (Lipinski definition) is 3. The fourth-order valence-electron chi connectivity index (χ4n) is 2.61. The fourth-order valence-corrected chi connectivity index (χ4v) is 2.61. The highest BCUT2D eigenvalue weighted by molar-refractivity contribution is 5.65. The molecule has 4 nitrogen and oxygen atoms in total. The van der Waals surface area contributed by atoms with Gasteiger partial charge in [0.15, 0.2) is 0 Å². The van der Waals surface area contributed by atoms with Crippen LogP contribution in [-0.2, 0) is 13.5 Å². The number of nitrogen functional groups attached to an aromatic ring is 1. The topological polar surface area (TPSA) is 55.9 Å². The molecule has 18 heavy (non-hydrogen) atoms. The summed E-state index contributed by atoms with van der Waals surface area (Å²) in [6, 6.07) is 0. The number of nitrogens with zero attached hydrogens (tertiary/aromatic N) is 2. The Hall–Kier alpha value is -1.19. The monoisotopic (exact) mass is 250 g/mol. The zero-order chi connectivity index (χ0) is 13.3. The van der Waals surface area contributed by atoms with Gasteiger partial charge in [-0.15, -0.1) is 0 Å². The zero-order valence-corrected chi connectivity index (χ0v) is 12.1. The number of nitrogens with two attached hydrogens (primary N) is 1. The first kappa shape index (κ1) is 13.2. The lowest BCUT2D eigenvalue weighted by molar-refractivity contribution is 0.379. The maximum Gasteiger partial charge on any atom is 0.147 e. The standard InChI is InChI=1S/C14H26N4/c1-5-6-11-12(15)13(18(4)17-11)16-9-14(7-8-14)10(2)3/h10,16H,5-9,15H2,1-4H3. The van der Waals surface area contributed by atoms with Crippen molar-refractivity contribution in [1.29, 1.82) is 0 Å². The van der Waals surface area contributed by atoms with E-state index in [2.05, 4.69) is 31.2 Å². The van der Waals surface area contributed by atoms with Crippen molar-refractivity contribution in [2.75, 3.05) is 17.6 Å². The van der Waals surface area contributed by atoms with Crippen LogP contribution in [0, 0.1) is 11.3 Å². The summed E-state index contributed by atoms with van der Waals surface area (Å²) in [5.74, 6) is 1.72. The smallest absolute Gasteiger partial charge is 0.147 e. The summed E-state index contributed by atoms with van der Waals surface area (Å²) in [6.45, 7) is 7.78. The first-order valence-corrected chi connectivity index (χ1v) is 7.05. The molecule has 0 aliphatic heterocycles. The van der Waals surface area contributed by atoms with E-state index in [0.717, 1.165) is 42.5 Å². The van der Waals surface area contributed by atoms with Crippen molar-refractivity contribution in [3.8, 4) is 0 Å². The summed E-state index contributed by atoms with van der Waals surface area (Å²) in [5.41, 5.74) is 8.52. The Kier molecular flexibility index (Phi) is 3.55. The van der Waals surface area contributed by atoms with E-state index in [0.29, 0.717) is 5.41 Å². The summed E-state index contributed by atoms with van der Waals surface area (Å²) >= 11 is 0. The van der Waals surface area contributed by atoms with Gasteiger partial charge >= 0.3 is 0 Å². The lowest BCUT2D eigenvalue weighted by Crippen LogP contribution is -2.22. The van der Waals surface area contributed by atoms with Gasteiger partial charge < -0.3 is 11.1 Å². The second-order valence-electron chi connectivity index (χ2n) is 5.95. The molecule has 0 unspecified atom stereocenters. The van der Waals surface area contributed by atoms with Crippen molar-refractivity contribution in [2.45, 2.75) is 46.5 Å². The summed E-state index contributed by atoms with van der Waals surface area (Å²) in [4.78, 5) is 0. The van der Waals surface area contributed by atoms with E-state index < -0.39 is 0 Å². The third-order valence-electron chi connectivity index (χ3n) is 4.37. The Balaban J connectivity index is 2.05. The van der Waals surface area contributed by atoms with Crippen LogP contribution in [0.3, 0.4) is 0 Å². The molecule has 0 amide bonds. The highest BCUT2D eigenvalue weighted by Gasteiger charge is 2.45. The second kappa shape index (κ2) is 4.82. The lowest BCUT2D eigenvalue weighted by atomic mass is 9.92. The van der Waals surface area contributed by atoms with Crippen molar-refractivity contribution in [2.24, 2.45) is 18.4 Å². The summed E-state index contributed by atoms with van der Waals surface area (Å²) in [6.07, 6.45) is 4.70. The second-order valence-corrected chi connectivity index (χ2v) is 5.95. The summed E-state index contributed by atoms with van der Waals surface area (Å²) in [7, 11) is 1.97. The van der Waals surface area contributed by atoms with Crippen LogP contribution in [0.4, 0.5) is 11.5 Å². The van der Waals surface area contributed by atoms with Crippen LogP contribution in [0.1, 0.15) is 45.7 Å². The van der Waals surface area contributed by atoms with Gasteiger partial charge in [0.1, 0.15) is 5.82 Å². The summed E-state index contributed by atoms with van der Waals surface area (Å²) in [5, 5.41) is 8.01. The third kappa shape index (κ3) is 2.33. The Labute approximate surface area is 110 Å². The zero-order valence-electron chi connectivity index (χ0n) is 12.1. The van der Waals surface area contributed by atoms with Gasteiger partial charge in [-0.25, -0.2) is 0 Å². The number of aryl methyl sites for hydroxylation is 2. The lowest BCUT2D eigenvalue weighted by Gasteiger charge is -2.20. The highest BCUT2D eigenvalue weighted by atomic mass is 15.3. The van der Waals surface area contributed by atoms with Crippen LogP contribution in [0.15, 0.2) is 0 Å². The molecule has 1 heterocycles. The van der Waals surface area contributed by atoms with Crippen LogP contribution >= 0.6 is 0 Å². The number of aromatic nitrogens is 2. The van der Waals surface area contributed by atoms with E-state index in [1.54, 1.807) is 0 Å². The molecule has 102 valence electrons. The van der Waals surface area contributed by atoms with E-state index in [-0.39, 0.29) is 0 Å². The Morgan fingerprint density at radius 2 is 2.11 bits per heavy atom. The van der Waals surface area contributed by atoms with Gasteiger partial charge in [0.05, 0.1) is 11.4 Å². The number of hydrogen-bond donors (Lipinski definition) is 2. The van der Waals surface area contributed by atoms with Crippen molar-refractivity contribution in [3.63, 3.8) is 0 Å². The van der Waals surface area contributed by atoms with E-state index in [1.807, 2.05) is 11.7 Å². The van der Waals surface area contributed by atoms with Gasteiger partial charge in [0, 0.05) is 13.6 Å². The van der Waals surface area contributed by atoms with Crippen molar-refractivity contribution < 1.29 is 0 Å². The van der Waals surface area contributed by atoms with Gasteiger partial charge in [-0.2, -0.15) is 5.10 Å². The predicted octanol–water partition coefficient (Wildman–Crippen LogP) is 2.80. The number of nitrogens with one attached hydrogen (secondary N) is 1. The van der Waals surface area contributed by atoms with E-state index in [4.69, 9.17) is 5.73 Å². The molecule has 3 N–H and O–H groups in total. The molecule has 1 saturated carbocycles. The van der Waals surface area contributed by atoms with E-state index in [9.17, 15) is 0 Å².